The quantitative estimate of drug-likeness (QED) is 0.492. The molecule has 0 radical (unpaired) electrons. The molecule has 0 saturated carbocycles. The number of methoxy groups -OCH3 is 1. The van der Waals surface area contributed by atoms with Gasteiger partial charge >= 0.3 is 12.1 Å². The monoisotopic (exact) mass is 505 g/mol. The fourth-order valence-electron chi connectivity index (χ4n) is 3.65. The van der Waals surface area contributed by atoms with Gasteiger partial charge in [-0.05, 0) is 66.4 Å². The Labute approximate surface area is 215 Å². The van der Waals surface area contributed by atoms with Crippen molar-refractivity contribution in [2.24, 2.45) is 5.92 Å². The average Bonchev–Trinajstić information content (AvgIpc) is 2.72. The van der Waals surface area contributed by atoms with E-state index in [9.17, 15) is 19.2 Å². The fourth-order valence-corrected chi connectivity index (χ4v) is 3.65. The Hall–Kier alpha value is -3.10. The summed E-state index contributed by atoms with van der Waals surface area (Å²) in [6, 6.07) is 5.28. The van der Waals surface area contributed by atoms with E-state index in [1.54, 1.807) is 32.9 Å². The van der Waals surface area contributed by atoms with E-state index in [0.717, 1.165) is 5.56 Å². The molecule has 0 fully saturated rings. The maximum atomic E-state index is 14.1. The first kappa shape index (κ1) is 30.9. The lowest BCUT2D eigenvalue weighted by Crippen LogP contribution is -2.59. The molecule has 2 atom stereocenters. The number of alkyl carbamates (subject to hydrolysis) is 1. The van der Waals surface area contributed by atoms with Gasteiger partial charge in [-0.25, -0.2) is 4.79 Å². The van der Waals surface area contributed by atoms with Gasteiger partial charge in [0.05, 0.1) is 7.11 Å². The van der Waals surface area contributed by atoms with Crippen LogP contribution in [0.3, 0.4) is 0 Å². The third-order valence-electron chi connectivity index (χ3n) is 5.19. The van der Waals surface area contributed by atoms with Gasteiger partial charge in [-0.1, -0.05) is 43.7 Å². The summed E-state index contributed by atoms with van der Waals surface area (Å²) in [6.07, 6.45) is -0.368. The minimum atomic E-state index is -1.06. The number of benzene rings is 1. The molecular formula is C27H43N3O6. The fraction of sp³-hybridized carbons (Fsp3) is 0.630. The van der Waals surface area contributed by atoms with Crippen LogP contribution in [0, 0.1) is 12.8 Å². The maximum absolute atomic E-state index is 14.1. The Morgan fingerprint density at radius 1 is 0.972 bits per heavy atom. The van der Waals surface area contributed by atoms with Crippen LogP contribution >= 0.6 is 0 Å². The summed E-state index contributed by atoms with van der Waals surface area (Å²) in [5.41, 5.74) is 0.00882. The summed E-state index contributed by atoms with van der Waals surface area (Å²) >= 11 is 0. The van der Waals surface area contributed by atoms with Gasteiger partial charge in [-0.15, -0.1) is 0 Å². The van der Waals surface area contributed by atoms with Crippen molar-refractivity contribution < 1.29 is 28.7 Å². The third-order valence-corrected chi connectivity index (χ3v) is 5.19. The predicted molar refractivity (Wildman–Crippen MR) is 138 cm³/mol. The van der Waals surface area contributed by atoms with E-state index >= 15 is 0 Å². The van der Waals surface area contributed by atoms with E-state index in [1.807, 2.05) is 53.7 Å². The van der Waals surface area contributed by atoms with Gasteiger partial charge in [0.2, 0.25) is 11.8 Å². The number of nitrogens with zero attached hydrogens (tertiary/aromatic N) is 1. The van der Waals surface area contributed by atoms with Crippen LogP contribution in [0.15, 0.2) is 24.3 Å². The highest BCUT2D eigenvalue weighted by atomic mass is 16.6. The lowest BCUT2D eigenvalue weighted by Gasteiger charge is -2.43. The minimum Gasteiger partial charge on any atom is -0.468 e. The lowest BCUT2D eigenvalue weighted by atomic mass is 9.93. The zero-order chi connectivity index (χ0) is 27.8. The molecule has 1 rings (SSSR count). The van der Waals surface area contributed by atoms with E-state index in [1.165, 1.54) is 12.0 Å². The van der Waals surface area contributed by atoms with Crippen molar-refractivity contribution in [3.05, 3.63) is 35.4 Å². The summed E-state index contributed by atoms with van der Waals surface area (Å²) in [5, 5.41) is 5.30. The van der Waals surface area contributed by atoms with Gasteiger partial charge in [0.1, 0.15) is 24.2 Å². The molecule has 0 heterocycles. The van der Waals surface area contributed by atoms with Crippen molar-refractivity contribution in [3.8, 4) is 0 Å². The van der Waals surface area contributed by atoms with Crippen LogP contribution in [0.5, 0.6) is 0 Å². The number of esters is 1. The van der Waals surface area contributed by atoms with Crippen molar-refractivity contribution in [2.45, 2.75) is 92.0 Å². The van der Waals surface area contributed by atoms with Crippen molar-refractivity contribution in [3.63, 3.8) is 0 Å². The van der Waals surface area contributed by atoms with Gasteiger partial charge in [0.15, 0.2) is 0 Å². The van der Waals surface area contributed by atoms with Crippen LogP contribution in [-0.2, 0) is 23.9 Å². The molecule has 0 aliphatic carbocycles. The lowest BCUT2D eigenvalue weighted by molar-refractivity contribution is -0.149. The molecule has 0 saturated heterocycles. The number of carbonyl (C=O) groups is 4. The van der Waals surface area contributed by atoms with Gasteiger partial charge < -0.3 is 25.0 Å². The Kier molecular flexibility index (Phi) is 10.9. The summed E-state index contributed by atoms with van der Waals surface area (Å²) in [5.74, 6) is -1.50. The van der Waals surface area contributed by atoms with Gasteiger partial charge in [0.25, 0.3) is 0 Å². The number of aryl methyl sites for hydroxylation is 1. The van der Waals surface area contributed by atoms with Crippen LogP contribution in [0.25, 0.3) is 0 Å². The van der Waals surface area contributed by atoms with Crippen LogP contribution < -0.4 is 10.6 Å². The number of hydrogen-bond acceptors (Lipinski definition) is 6. The molecule has 0 aliphatic heterocycles. The van der Waals surface area contributed by atoms with Gasteiger partial charge in [-0.3, -0.25) is 14.4 Å². The largest absolute Gasteiger partial charge is 0.468 e. The van der Waals surface area contributed by atoms with E-state index in [0.29, 0.717) is 12.0 Å². The molecule has 2 unspecified atom stereocenters. The van der Waals surface area contributed by atoms with E-state index in [2.05, 4.69) is 15.4 Å². The van der Waals surface area contributed by atoms with Gasteiger partial charge in [-0.2, -0.15) is 0 Å². The molecule has 0 aromatic heterocycles. The average molecular weight is 506 g/mol. The highest BCUT2D eigenvalue weighted by molar-refractivity contribution is 5.93. The molecule has 1 aromatic rings. The molecule has 0 spiro atoms. The molecule has 2 N–H and O–H groups in total. The van der Waals surface area contributed by atoms with Crippen molar-refractivity contribution in [2.75, 3.05) is 13.7 Å². The van der Waals surface area contributed by atoms with Crippen molar-refractivity contribution >= 4 is 23.9 Å². The standard InChI is InChI=1S/C27H43N3O6/c1-17(2)15-20(29-25(34)36-27(7,8)9)24(33)30(26(4,5)6)22(19-13-11-18(3)12-14-19)23(32)28-16-21(31)35-10/h11-14,17,20,22H,15-16H2,1-10H3,(H,28,32)(H,29,34). The molecule has 0 aliphatic rings. The molecule has 36 heavy (non-hydrogen) atoms. The smallest absolute Gasteiger partial charge is 0.408 e. The SMILES string of the molecule is COC(=O)CNC(=O)C(c1ccc(C)cc1)N(C(=O)C(CC(C)C)NC(=O)OC(C)(C)C)C(C)(C)C. The van der Waals surface area contributed by atoms with Crippen LogP contribution in [0.1, 0.15) is 79.0 Å². The zero-order valence-corrected chi connectivity index (χ0v) is 23.4. The maximum Gasteiger partial charge on any atom is 0.408 e. The minimum absolute atomic E-state index is 0.0710. The van der Waals surface area contributed by atoms with Crippen LogP contribution in [0.4, 0.5) is 4.79 Å². The number of nitrogens with one attached hydrogen (secondary N) is 2. The van der Waals surface area contributed by atoms with Crippen molar-refractivity contribution in [1.82, 2.24) is 15.5 Å². The second kappa shape index (κ2) is 12.7. The summed E-state index contributed by atoms with van der Waals surface area (Å²) in [4.78, 5) is 53.4. The van der Waals surface area contributed by atoms with E-state index < -0.39 is 47.1 Å². The number of carbonyl (C=O) groups excluding carboxylic acids is 4. The summed E-state index contributed by atoms with van der Waals surface area (Å²) in [6.45, 7) is 16.2. The molecule has 3 amide bonds. The van der Waals surface area contributed by atoms with E-state index in [-0.39, 0.29) is 12.5 Å². The van der Waals surface area contributed by atoms with Crippen molar-refractivity contribution in [1.29, 1.82) is 0 Å². The second-order valence-corrected chi connectivity index (χ2v) is 11.3. The highest BCUT2D eigenvalue weighted by Gasteiger charge is 2.42. The first-order valence-corrected chi connectivity index (χ1v) is 12.2. The first-order chi connectivity index (χ1) is 16.5. The van der Waals surface area contributed by atoms with Gasteiger partial charge in [0, 0.05) is 5.54 Å². The number of hydrogen-bond donors (Lipinski definition) is 2. The zero-order valence-electron chi connectivity index (χ0n) is 23.4. The Morgan fingerprint density at radius 2 is 1.53 bits per heavy atom. The molecular weight excluding hydrogens is 462 g/mol. The Balaban J connectivity index is 3.53. The molecule has 202 valence electrons. The topological polar surface area (TPSA) is 114 Å². The summed E-state index contributed by atoms with van der Waals surface area (Å²) < 4.78 is 10.0. The number of amides is 3. The van der Waals surface area contributed by atoms with E-state index in [4.69, 9.17) is 4.74 Å². The summed E-state index contributed by atoms with van der Waals surface area (Å²) in [7, 11) is 1.23. The number of rotatable bonds is 9. The van der Waals surface area contributed by atoms with Crippen LogP contribution in [0.2, 0.25) is 0 Å². The Bertz CT molecular complexity index is 913. The molecule has 9 heteroatoms. The molecule has 0 bridgehead atoms. The Morgan fingerprint density at radius 3 is 1.97 bits per heavy atom. The second-order valence-electron chi connectivity index (χ2n) is 11.3. The highest BCUT2D eigenvalue weighted by Crippen LogP contribution is 2.31. The first-order valence-electron chi connectivity index (χ1n) is 12.2. The normalized spacial score (nSPS) is 13.4. The predicted octanol–water partition coefficient (Wildman–Crippen LogP) is 3.89. The van der Waals surface area contributed by atoms with Crippen LogP contribution in [-0.4, -0.2) is 59.6 Å². The molecule has 1 aromatic carbocycles. The number of ether oxygens (including phenoxy) is 2. The molecule has 9 nitrogen and oxygen atoms in total. The third kappa shape index (κ3) is 9.87.